The summed E-state index contributed by atoms with van der Waals surface area (Å²) < 4.78 is 11.8. The molecule has 1 saturated heterocycles. The van der Waals surface area contributed by atoms with Gasteiger partial charge in [0.25, 0.3) is 0 Å². The molecule has 0 unspecified atom stereocenters. The summed E-state index contributed by atoms with van der Waals surface area (Å²) in [6.45, 7) is 5.26. The molecule has 0 aliphatic carbocycles. The highest BCUT2D eigenvalue weighted by Crippen LogP contribution is 2.34. The predicted molar refractivity (Wildman–Crippen MR) is 56.0 cm³/mol. The third-order valence-corrected chi connectivity index (χ3v) is 3.10. The predicted octanol–water partition coefficient (Wildman–Crippen LogP) is 2.88. The smallest absolute Gasteiger partial charge is 0.188 e. The van der Waals surface area contributed by atoms with E-state index < -0.39 is 0 Å². The van der Waals surface area contributed by atoms with Gasteiger partial charge in [0.05, 0.1) is 12.7 Å². The lowest BCUT2D eigenvalue weighted by Crippen LogP contribution is -2.44. The van der Waals surface area contributed by atoms with E-state index in [9.17, 15) is 0 Å². The fraction of sp³-hybridized carbons (Fsp3) is 0.833. The largest absolute Gasteiger partial charge is 0.346 e. The topological polar surface area (TPSA) is 18.5 Å². The molecule has 2 heterocycles. The van der Waals surface area contributed by atoms with E-state index in [2.05, 4.69) is 26.0 Å². The molecule has 0 N–H and O–H groups in total. The van der Waals surface area contributed by atoms with Crippen LogP contribution in [0.2, 0.25) is 0 Å². The Balaban J connectivity index is 2.05. The van der Waals surface area contributed by atoms with Crippen molar-refractivity contribution in [2.45, 2.75) is 51.4 Å². The van der Waals surface area contributed by atoms with Crippen LogP contribution < -0.4 is 0 Å². The van der Waals surface area contributed by atoms with Gasteiger partial charge in [-0.3, -0.25) is 0 Å². The van der Waals surface area contributed by atoms with Crippen molar-refractivity contribution in [3.05, 3.63) is 12.2 Å². The molecule has 14 heavy (non-hydrogen) atoms. The van der Waals surface area contributed by atoms with Crippen LogP contribution in [0.4, 0.5) is 0 Å². The maximum absolute atomic E-state index is 6.07. The molecule has 1 spiro atoms. The summed E-state index contributed by atoms with van der Waals surface area (Å²) in [5, 5.41) is 0. The van der Waals surface area contributed by atoms with E-state index in [1.54, 1.807) is 0 Å². The number of hydrogen-bond acceptors (Lipinski definition) is 2. The first-order valence-electron chi connectivity index (χ1n) is 5.71. The average molecular weight is 196 g/mol. The lowest BCUT2D eigenvalue weighted by molar-refractivity contribution is -0.256. The van der Waals surface area contributed by atoms with E-state index in [1.807, 2.05) is 0 Å². The molecule has 0 aromatic carbocycles. The van der Waals surface area contributed by atoms with Crippen LogP contribution in [0.1, 0.15) is 39.5 Å². The molecule has 0 saturated carbocycles. The van der Waals surface area contributed by atoms with Crippen LogP contribution in [-0.4, -0.2) is 18.5 Å². The Bertz CT molecular complexity index is 214. The van der Waals surface area contributed by atoms with Gasteiger partial charge in [-0.25, -0.2) is 0 Å². The van der Waals surface area contributed by atoms with Gasteiger partial charge in [0, 0.05) is 6.42 Å². The van der Waals surface area contributed by atoms with Gasteiger partial charge in [0.2, 0.25) is 0 Å². The third-order valence-electron chi connectivity index (χ3n) is 3.10. The van der Waals surface area contributed by atoms with Crippen LogP contribution >= 0.6 is 0 Å². The van der Waals surface area contributed by atoms with E-state index in [0.29, 0.717) is 12.0 Å². The highest BCUT2D eigenvalue weighted by molar-refractivity contribution is 5.03. The van der Waals surface area contributed by atoms with Crippen molar-refractivity contribution in [3.63, 3.8) is 0 Å². The second kappa shape index (κ2) is 4.03. The van der Waals surface area contributed by atoms with Gasteiger partial charge in [0.1, 0.15) is 0 Å². The second-order valence-electron chi connectivity index (χ2n) is 4.66. The van der Waals surface area contributed by atoms with Crippen molar-refractivity contribution in [3.8, 4) is 0 Å². The number of ether oxygens (including phenoxy) is 2. The van der Waals surface area contributed by atoms with Gasteiger partial charge in [-0.15, -0.1) is 0 Å². The van der Waals surface area contributed by atoms with Gasteiger partial charge in [-0.2, -0.15) is 0 Å². The van der Waals surface area contributed by atoms with Gasteiger partial charge < -0.3 is 9.47 Å². The van der Waals surface area contributed by atoms with E-state index in [4.69, 9.17) is 9.47 Å². The molecular formula is C12H20O2. The second-order valence-corrected chi connectivity index (χ2v) is 4.66. The molecule has 2 rings (SSSR count). The van der Waals surface area contributed by atoms with E-state index in [1.165, 1.54) is 12.8 Å². The van der Waals surface area contributed by atoms with Crippen molar-refractivity contribution >= 4 is 0 Å². The molecule has 2 aliphatic rings. The van der Waals surface area contributed by atoms with Crippen LogP contribution in [-0.2, 0) is 9.47 Å². The van der Waals surface area contributed by atoms with Crippen LogP contribution in [0.25, 0.3) is 0 Å². The van der Waals surface area contributed by atoms with Crippen molar-refractivity contribution in [1.82, 2.24) is 0 Å². The average Bonchev–Trinajstić information content (AvgIpc) is 2.19. The quantitative estimate of drug-likeness (QED) is 0.600. The van der Waals surface area contributed by atoms with Crippen LogP contribution in [0.15, 0.2) is 12.2 Å². The molecule has 2 atom stereocenters. The standard InChI is InChI=1S/C12H20O2/c1-10(2)11-6-5-8-12(14-11)7-3-4-9-13-12/h5,8,10-11H,3-4,6-7,9H2,1-2H3/t11-,12-/m0/s1. The van der Waals surface area contributed by atoms with E-state index >= 15 is 0 Å². The molecule has 2 nitrogen and oxygen atoms in total. The van der Waals surface area contributed by atoms with Crippen LogP contribution in [0.3, 0.4) is 0 Å². The zero-order valence-electron chi connectivity index (χ0n) is 9.16. The Hall–Kier alpha value is -0.340. The first-order valence-corrected chi connectivity index (χ1v) is 5.71. The zero-order chi connectivity index (χ0) is 10.0. The molecule has 0 radical (unpaired) electrons. The first kappa shape index (κ1) is 10.2. The highest BCUT2D eigenvalue weighted by Gasteiger charge is 2.37. The first-order chi connectivity index (χ1) is 6.72. The maximum Gasteiger partial charge on any atom is 0.188 e. The van der Waals surface area contributed by atoms with Gasteiger partial charge in [-0.1, -0.05) is 19.9 Å². The van der Waals surface area contributed by atoms with E-state index in [-0.39, 0.29) is 5.79 Å². The summed E-state index contributed by atoms with van der Waals surface area (Å²) in [4.78, 5) is 0. The minimum Gasteiger partial charge on any atom is -0.346 e. The Kier molecular flexibility index (Phi) is 2.93. The lowest BCUT2D eigenvalue weighted by atomic mass is 9.96. The zero-order valence-corrected chi connectivity index (χ0v) is 9.16. The highest BCUT2D eigenvalue weighted by atomic mass is 16.7. The molecule has 2 aliphatic heterocycles. The molecular weight excluding hydrogens is 176 g/mol. The molecule has 80 valence electrons. The molecule has 0 amide bonds. The molecule has 1 fully saturated rings. The Morgan fingerprint density at radius 1 is 1.36 bits per heavy atom. The summed E-state index contributed by atoms with van der Waals surface area (Å²) in [5.74, 6) is 0.202. The van der Waals surface area contributed by atoms with E-state index in [0.717, 1.165) is 19.4 Å². The van der Waals surface area contributed by atoms with Gasteiger partial charge in [-0.05, 0) is 31.3 Å². The molecule has 2 heteroatoms. The summed E-state index contributed by atoms with van der Waals surface area (Å²) in [5.41, 5.74) is 0. The van der Waals surface area contributed by atoms with Gasteiger partial charge >= 0.3 is 0 Å². The SMILES string of the molecule is CC(C)[C@@H]1CC=C[C@]2(CCCCO2)O1. The third kappa shape index (κ3) is 2.01. The van der Waals surface area contributed by atoms with Crippen LogP contribution in [0, 0.1) is 5.92 Å². The van der Waals surface area contributed by atoms with Gasteiger partial charge in [0.15, 0.2) is 5.79 Å². The number of hydrogen-bond donors (Lipinski definition) is 0. The minimum atomic E-state index is -0.370. The van der Waals surface area contributed by atoms with Crippen molar-refractivity contribution in [2.75, 3.05) is 6.61 Å². The fourth-order valence-electron chi connectivity index (χ4n) is 2.15. The van der Waals surface area contributed by atoms with Crippen molar-refractivity contribution in [2.24, 2.45) is 5.92 Å². The maximum atomic E-state index is 6.07. The minimum absolute atomic E-state index is 0.332. The van der Waals surface area contributed by atoms with Crippen molar-refractivity contribution in [1.29, 1.82) is 0 Å². The summed E-state index contributed by atoms with van der Waals surface area (Å²) in [6.07, 6.45) is 9.11. The summed E-state index contributed by atoms with van der Waals surface area (Å²) in [7, 11) is 0. The number of rotatable bonds is 1. The summed E-state index contributed by atoms with van der Waals surface area (Å²) in [6, 6.07) is 0. The lowest BCUT2D eigenvalue weighted by Gasteiger charge is -2.41. The molecule has 0 aromatic rings. The Morgan fingerprint density at radius 2 is 2.21 bits per heavy atom. The van der Waals surface area contributed by atoms with Crippen LogP contribution in [0.5, 0.6) is 0 Å². The summed E-state index contributed by atoms with van der Waals surface area (Å²) >= 11 is 0. The normalized spacial score (nSPS) is 38.1. The molecule has 0 aromatic heterocycles. The fourth-order valence-corrected chi connectivity index (χ4v) is 2.15. The van der Waals surface area contributed by atoms with Crippen molar-refractivity contribution < 1.29 is 9.47 Å². The Morgan fingerprint density at radius 3 is 2.86 bits per heavy atom. The monoisotopic (exact) mass is 196 g/mol. The molecule has 0 bridgehead atoms. The Labute approximate surface area is 86.3 Å².